The van der Waals surface area contributed by atoms with Crippen LogP contribution in [0.25, 0.3) is 0 Å². The van der Waals surface area contributed by atoms with Crippen LogP contribution in [0.4, 0.5) is 4.79 Å². The van der Waals surface area contributed by atoms with Gasteiger partial charge >= 0.3 is 6.09 Å². The number of rotatable bonds is 7. The molecule has 0 bridgehead atoms. The average Bonchev–Trinajstić information content (AvgIpc) is 2.38. The fourth-order valence-electron chi connectivity index (χ4n) is 1.32. The van der Waals surface area contributed by atoms with Gasteiger partial charge in [-0.05, 0) is 18.5 Å². The van der Waals surface area contributed by atoms with Gasteiger partial charge in [-0.25, -0.2) is 4.79 Å². The predicted molar refractivity (Wildman–Crippen MR) is 70.0 cm³/mol. The van der Waals surface area contributed by atoms with Crippen molar-refractivity contribution in [1.29, 1.82) is 0 Å². The van der Waals surface area contributed by atoms with Gasteiger partial charge in [0, 0.05) is 6.54 Å². The molecule has 98 valence electrons. The maximum atomic E-state index is 10.8. The van der Waals surface area contributed by atoms with E-state index in [9.17, 15) is 4.79 Å². The highest BCUT2D eigenvalue weighted by Gasteiger charge is 2.11. The smallest absolute Gasteiger partial charge is 0.405 e. The van der Waals surface area contributed by atoms with Crippen molar-refractivity contribution in [3.05, 3.63) is 35.9 Å². The lowest BCUT2D eigenvalue weighted by molar-refractivity contribution is 0.139. The van der Waals surface area contributed by atoms with E-state index in [1.165, 1.54) is 6.21 Å². The Kier molecular flexibility index (Phi) is 6.27. The molecule has 0 saturated carbocycles. The number of hydrogen-bond donors (Lipinski definition) is 3. The van der Waals surface area contributed by atoms with Gasteiger partial charge in [0.2, 0.25) is 0 Å². The topological polar surface area (TPSA) is 103 Å². The van der Waals surface area contributed by atoms with Crippen LogP contribution < -0.4 is 16.9 Å². The Morgan fingerprint density at radius 1 is 1.44 bits per heavy atom. The van der Waals surface area contributed by atoms with E-state index < -0.39 is 12.2 Å². The number of carbonyl (C=O) groups excluding carboxylic acids is 1. The summed E-state index contributed by atoms with van der Waals surface area (Å²) in [5, 5.41) is 3.98. The molecular formula is C12H18N4O2. The molecule has 5 N–H and O–H groups in total. The average molecular weight is 250 g/mol. The van der Waals surface area contributed by atoms with Gasteiger partial charge in [-0.3, -0.25) is 0 Å². The van der Waals surface area contributed by atoms with Crippen LogP contribution in [0.1, 0.15) is 18.1 Å². The summed E-state index contributed by atoms with van der Waals surface area (Å²) in [5.41, 5.74) is 14.0. The zero-order valence-electron chi connectivity index (χ0n) is 10.1. The van der Waals surface area contributed by atoms with Crippen LogP contribution in [0, 0.1) is 0 Å². The number of ether oxygens (including phenoxy) is 1. The monoisotopic (exact) mass is 250 g/mol. The second-order valence-electron chi connectivity index (χ2n) is 3.60. The van der Waals surface area contributed by atoms with Gasteiger partial charge in [-0.15, -0.1) is 0 Å². The molecular weight excluding hydrogens is 232 g/mol. The van der Waals surface area contributed by atoms with E-state index in [0.29, 0.717) is 13.1 Å². The zero-order valence-corrected chi connectivity index (χ0v) is 10.1. The molecule has 1 aromatic carbocycles. The molecule has 1 amide bonds. The maximum absolute atomic E-state index is 10.8. The summed E-state index contributed by atoms with van der Waals surface area (Å²) >= 11 is 0. The molecule has 1 atom stereocenters. The third-order valence-corrected chi connectivity index (χ3v) is 2.17. The lowest BCUT2D eigenvalue weighted by Crippen LogP contribution is -2.19. The fraction of sp³-hybridized carbons (Fsp3) is 0.333. The Bertz CT molecular complexity index is 381. The number of hydrogen-bond acceptors (Lipinski definition) is 5. The van der Waals surface area contributed by atoms with Crippen LogP contribution in [0.5, 0.6) is 0 Å². The van der Waals surface area contributed by atoms with Gasteiger partial charge in [-0.1, -0.05) is 30.3 Å². The number of nitrogens with one attached hydrogen (secondary N) is 1. The van der Waals surface area contributed by atoms with Crippen molar-refractivity contribution in [3.63, 3.8) is 0 Å². The normalized spacial score (nSPS) is 12.3. The summed E-state index contributed by atoms with van der Waals surface area (Å²) in [7, 11) is 0. The Labute approximate surface area is 106 Å². The highest BCUT2D eigenvalue weighted by atomic mass is 16.6. The molecule has 0 aliphatic carbocycles. The number of primary amides is 1. The Morgan fingerprint density at radius 2 is 2.17 bits per heavy atom. The van der Waals surface area contributed by atoms with Gasteiger partial charge in [0.1, 0.15) is 0 Å². The Hall–Kier alpha value is -2.08. The van der Waals surface area contributed by atoms with E-state index in [1.54, 1.807) is 0 Å². The van der Waals surface area contributed by atoms with Gasteiger partial charge in [0.05, 0.1) is 6.21 Å². The first-order valence-electron chi connectivity index (χ1n) is 5.71. The van der Waals surface area contributed by atoms with E-state index in [1.807, 2.05) is 30.3 Å². The molecule has 1 rings (SSSR count). The minimum Gasteiger partial charge on any atom is -0.436 e. The van der Waals surface area contributed by atoms with Crippen molar-refractivity contribution in [2.45, 2.75) is 12.5 Å². The number of nitrogens with zero attached hydrogens (tertiary/aromatic N) is 1. The Morgan fingerprint density at radius 3 is 2.78 bits per heavy atom. The largest absolute Gasteiger partial charge is 0.436 e. The van der Waals surface area contributed by atoms with Crippen LogP contribution in [-0.4, -0.2) is 25.4 Å². The van der Waals surface area contributed by atoms with Crippen molar-refractivity contribution in [2.75, 3.05) is 13.1 Å². The van der Waals surface area contributed by atoms with Crippen molar-refractivity contribution < 1.29 is 9.53 Å². The molecule has 6 heteroatoms. The van der Waals surface area contributed by atoms with Crippen molar-refractivity contribution in [2.24, 2.45) is 16.6 Å². The SMILES string of the molecule is NCCCNN=CC(OC(N)=O)c1ccccc1. The van der Waals surface area contributed by atoms with Crippen molar-refractivity contribution >= 4 is 12.3 Å². The summed E-state index contributed by atoms with van der Waals surface area (Å²) in [5.74, 6) is 0. The first kappa shape index (κ1) is 14.0. The number of benzene rings is 1. The first-order valence-corrected chi connectivity index (χ1v) is 5.71. The van der Waals surface area contributed by atoms with Crippen LogP contribution in [0.15, 0.2) is 35.4 Å². The first-order chi connectivity index (χ1) is 8.74. The van der Waals surface area contributed by atoms with E-state index >= 15 is 0 Å². The number of hydrazone groups is 1. The van der Waals surface area contributed by atoms with Crippen LogP contribution >= 0.6 is 0 Å². The minimum absolute atomic E-state index is 0.589. The van der Waals surface area contributed by atoms with Gasteiger partial charge in [-0.2, -0.15) is 5.10 Å². The van der Waals surface area contributed by atoms with Crippen LogP contribution in [-0.2, 0) is 4.74 Å². The number of nitrogens with two attached hydrogens (primary N) is 2. The van der Waals surface area contributed by atoms with Gasteiger partial charge in [0.25, 0.3) is 0 Å². The molecule has 18 heavy (non-hydrogen) atoms. The third-order valence-electron chi connectivity index (χ3n) is 2.17. The highest BCUT2D eigenvalue weighted by Crippen LogP contribution is 2.14. The Balaban J connectivity index is 2.59. The maximum Gasteiger partial charge on any atom is 0.405 e. The summed E-state index contributed by atoms with van der Waals surface area (Å²) in [6.45, 7) is 1.27. The molecule has 0 spiro atoms. The predicted octanol–water partition coefficient (Wildman–Crippen LogP) is 0.747. The second kappa shape index (κ2) is 8.08. The number of carbonyl (C=O) groups is 1. The lowest BCUT2D eigenvalue weighted by Gasteiger charge is -2.12. The molecule has 0 heterocycles. The molecule has 6 nitrogen and oxygen atoms in total. The molecule has 1 unspecified atom stereocenters. The van der Waals surface area contributed by atoms with Crippen LogP contribution in [0.2, 0.25) is 0 Å². The summed E-state index contributed by atoms with van der Waals surface area (Å²) < 4.78 is 4.97. The molecule has 0 aromatic heterocycles. The molecule has 0 radical (unpaired) electrons. The van der Waals surface area contributed by atoms with Gasteiger partial charge in [0.15, 0.2) is 6.10 Å². The lowest BCUT2D eigenvalue weighted by atomic mass is 10.1. The standard InChI is InChI=1S/C12H18N4O2/c13-7-4-8-15-16-9-11(18-12(14)17)10-5-2-1-3-6-10/h1-3,5-6,9,11,15H,4,7-8,13H2,(H2,14,17). The molecule has 0 aliphatic rings. The van der Waals surface area contributed by atoms with E-state index in [0.717, 1.165) is 12.0 Å². The summed E-state index contributed by atoms with van der Waals surface area (Å²) in [6, 6.07) is 9.24. The molecule has 0 fully saturated rings. The number of amides is 1. The summed E-state index contributed by atoms with van der Waals surface area (Å²) in [4.78, 5) is 10.8. The highest BCUT2D eigenvalue weighted by molar-refractivity contribution is 5.72. The quantitative estimate of drug-likeness (QED) is 0.377. The van der Waals surface area contributed by atoms with Gasteiger partial charge < -0.3 is 21.6 Å². The second-order valence-corrected chi connectivity index (χ2v) is 3.60. The van der Waals surface area contributed by atoms with Crippen molar-refractivity contribution in [1.82, 2.24) is 5.43 Å². The third kappa shape index (κ3) is 5.31. The zero-order chi connectivity index (χ0) is 13.2. The van der Waals surface area contributed by atoms with Crippen molar-refractivity contribution in [3.8, 4) is 0 Å². The molecule has 1 aromatic rings. The molecule has 0 aliphatic heterocycles. The molecule has 0 saturated heterocycles. The van der Waals surface area contributed by atoms with E-state index in [2.05, 4.69) is 10.5 Å². The van der Waals surface area contributed by atoms with Crippen LogP contribution in [0.3, 0.4) is 0 Å². The van der Waals surface area contributed by atoms with E-state index in [-0.39, 0.29) is 0 Å². The van der Waals surface area contributed by atoms with E-state index in [4.69, 9.17) is 16.2 Å². The summed E-state index contributed by atoms with van der Waals surface area (Å²) in [6.07, 6.45) is 0.895. The minimum atomic E-state index is -0.836. The fourth-order valence-corrected chi connectivity index (χ4v) is 1.32.